The Morgan fingerprint density at radius 3 is 2.58 bits per heavy atom. The number of halogens is 3. The van der Waals surface area contributed by atoms with Crippen molar-refractivity contribution >= 4 is 29.0 Å². The number of urea groups is 1. The number of nitro benzene ring substituents is 1. The minimum absolute atomic E-state index is 0.0903. The third kappa shape index (κ3) is 6.38. The number of nitro groups is 1. The van der Waals surface area contributed by atoms with Gasteiger partial charge in [-0.3, -0.25) is 19.8 Å². The first-order valence-corrected chi connectivity index (χ1v) is 11.6. The minimum atomic E-state index is -4.81. The fraction of sp³-hybridized carbons (Fsp3) is 0.231. The maximum Gasteiger partial charge on any atom is 0.573 e. The monoisotopic (exact) mass is 528 g/mol. The van der Waals surface area contributed by atoms with Crippen molar-refractivity contribution in [2.24, 2.45) is 0 Å². The van der Waals surface area contributed by atoms with E-state index < -0.39 is 17.2 Å². The van der Waals surface area contributed by atoms with Gasteiger partial charge in [0, 0.05) is 48.2 Å². The molecule has 1 aliphatic rings. The van der Waals surface area contributed by atoms with Gasteiger partial charge in [0.25, 0.3) is 11.6 Å². The fourth-order valence-corrected chi connectivity index (χ4v) is 4.13. The van der Waals surface area contributed by atoms with Crippen LogP contribution in [0.4, 0.5) is 35.0 Å². The quantitative estimate of drug-likeness (QED) is 0.304. The number of carbonyl (C=O) groups is 2. The van der Waals surface area contributed by atoms with E-state index in [1.165, 1.54) is 46.2 Å². The second-order valence-electron chi connectivity index (χ2n) is 8.67. The standard InChI is InChI=1S/C26H23F3N4O5/c1-17-9-10-19(14-23(17)33(36)37)24(34)30-20-6-3-7-21(15-20)32-12-4-11-31(25(32)35)16-18-5-2-8-22(13-18)38-26(27,28)29/h2-3,5-10,13-15H,4,11-12,16H2,1H3,(H,30,34). The molecule has 9 nitrogen and oxygen atoms in total. The molecular weight excluding hydrogens is 505 g/mol. The van der Waals surface area contributed by atoms with Gasteiger partial charge in [0.15, 0.2) is 0 Å². The summed E-state index contributed by atoms with van der Waals surface area (Å²) < 4.78 is 41.6. The summed E-state index contributed by atoms with van der Waals surface area (Å²) in [6.07, 6.45) is -4.20. The molecule has 3 amide bonds. The lowest BCUT2D eigenvalue weighted by molar-refractivity contribution is -0.385. The number of ether oxygens (including phenoxy) is 1. The SMILES string of the molecule is Cc1ccc(C(=O)Nc2cccc(N3CCCN(Cc4cccc(OC(F)(F)F)c4)C3=O)c2)cc1[N+](=O)[O-]. The molecule has 3 aromatic rings. The number of hydrogen-bond acceptors (Lipinski definition) is 5. The smallest absolute Gasteiger partial charge is 0.406 e. The van der Waals surface area contributed by atoms with Gasteiger partial charge in [0.2, 0.25) is 0 Å². The van der Waals surface area contributed by atoms with Crippen LogP contribution in [0.3, 0.4) is 0 Å². The Labute approximate surface area is 215 Å². The van der Waals surface area contributed by atoms with E-state index in [0.29, 0.717) is 42.0 Å². The highest BCUT2D eigenvalue weighted by Gasteiger charge is 2.31. The highest BCUT2D eigenvalue weighted by Crippen LogP contribution is 2.27. The molecule has 0 radical (unpaired) electrons. The van der Waals surface area contributed by atoms with E-state index in [-0.39, 0.29) is 29.6 Å². The molecule has 0 aliphatic carbocycles. The molecule has 198 valence electrons. The average Bonchev–Trinajstić information content (AvgIpc) is 2.85. The summed E-state index contributed by atoms with van der Waals surface area (Å²) in [6.45, 7) is 2.50. The summed E-state index contributed by atoms with van der Waals surface area (Å²) in [5.41, 5.74) is 1.77. The van der Waals surface area contributed by atoms with E-state index in [4.69, 9.17) is 0 Å². The van der Waals surface area contributed by atoms with Gasteiger partial charge in [-0.25, -0.2) is 4.79 Å². The number of alkyl halides is 3. The van der Waals surface area contributed by atoms with Gasteiger partial charge in [0.1, 0.15) is 5.75 Å². The van der Waals surface area contributed by atoms with Crippen LogP contribution >= 0.6 is 0 Å². The van der Waals surface area contributed by atoms with E-state index in [0.717, 1.165) is 0 Å². The Balaban J connectivity index is 1.47. The number of nitrogens with one attached hydrogen (secondary N) is 1. The topological polar surface area (TPSA) is 105 Å². The molecule has 0 atom stereocenters. The second-order valence-corrected chi connectivity index (χ2v) is 8.67. The zero-order chi connectivity index (χ0) is 27.4. The zero-order valence-electron chi connectivity index (χ0n) is 20.2. The van der Waals surface area contributed by atoms with E-state index in [1.807, 2.05) is 0 Å². The van der Waals surface area contributed by atoms with Crippen LogP contribution in [0.2, 0.25) is 0 Å². The van der Waals surface area contributed by atoms with Crippen LogP contribution in [0.5, 0.6) is 5.75 Å². The van der Waals surface area contributed by atoms with Crippen molar-refractivity contribution in [2.45, 2.75) is 26.3 Å². The third-order valence-corrected chi connectivity index (χ3v) is 5.90. The number of anilines is 2. The summed E-state index contributed by atoms with van der Waals surface area (Å²) >= 11 is 0. The van der Waals surface area contributed by atoms with Crippen LogP contribution in [0.25, 0.3) is 0 Å². The Morgan fingerprint density at radius 2 is 1.84 bits per heavy atom. The number of aryl methyl sites for hydroxylation is 1. The summed E-state index contributed by atoms with van der Waals surface area (Å²) in [5.74, 6) is -0.906. The third-order valence-electron chi connectivity index (χ3n) is 5.90. The van der Waals surface area contributed by atoms with E-state index >= 15 is 0 Å². The maximum atomic E-state index is 13.2. The van der Waals surface area contributed by atoms with Crippen LogP contribution < -0.4 is 15.0 Å². The molecule has 12 heteroatoms. The van der Waals surface area contributed by atoms with E-state index in [2.05, 4.69) is 10.1 Å². The first kappa shape index (κ1) is 26.5. The lowest BCUT2D eigenvalue weighted by Crippen LogP contribution is -2.49. The molecule has 4 rings (SSSR count). The van der Waals surface area contributed by atoms with Gasteiger partial charge < -0.3 is 15.0 Å². The number of rotatable bonds is 7. The largest absolute Gasteiger partial charge is 0.573 e. The van der Waals surface area contributed by atoms with Crippen molar-refractivity contribution in [1.82, 2.24) is 4.90 Å². The number of hydrogen-bond donors (Lipinski definition) is 1. The molecule has 1 heterocycles. The zero-order valence-corrected chi connectivity index (χ0v) is 20.2. The van der Waals surface area contributed by atoms with Gasteiger partial charge in [-0.05, 0) is 55.3 Å². The van der Waals surface area contributed by atoms with Crippen molar-refractivity contribution in [1.29, 1.82) is 0 Å². The molecule has 1 saturated heterocycles. The van der Waals surface area contributed by atoms with Gasteiger partial charge in [0.05, 0.1) is 4.92 Å². The van der Waals surface area contributed by atoms with Crippen LogP contribution in [0.1, 0.15) is 27.9 Å². The van der Waals surface area contributed by atoms with Gasteiger partial charge in [-0.2, -0.15) is 0 Å². The van der Waals surface area contributed by atoms with Crippen LogP contribution in [-0.2, 0) is 6.54 Å². The van der Waals surface area contributed by atoms with Gasteiger partial charge in [-0.1, -0.05) is 24.3 Å². The summed E-state index contributed by atoms with van der Waals surface area (Å²) in [5, 5.41) is 13.9. The van der Waals surface area contributed by atoms with Gasteiger partial charge in [-0.15, -0.1) is 13.2 Å². The van der Waals surface area contributed by atoms with Crippen molar-refractivity contribution in [2.75, 3.05) is 23.3 Å². The van der Waals surface area contributed by atoms with E-state index in [9.17, 15) is 32.9 Å². The van der Waals surface area contributed by atoms with E-state index in [1.54, 1.807) is 37.3 Å². The molecule has 1 N–H and O–H groups in total. The predicted molar refractivity (Wildman–Crippen MR) is 133 cm³/mol. The number of amides is 3. The maximum absolute atomic E-state index is 13.2. The molecule has 0 aromatic heterocycles. The Hall–Kier alpha value is -4.61. The minimum Gasteiger partial charge on any atom is -0.406 e. The van der Waals surface area contributed by atoms with Crippen LogP contribution in [-0.4, -0.2) is 41.2 Å². The summed E-state index contributed by atoms with van der Waals surface area (Å²) in [4.78, 5) is 39.6. The number of benzene rings is 3. The molecule has 38 heavy (non-hydrogen) atoms. The highest BCUT2D eigenvalue weighted by atomic mass is 19.4. The van der Waals surface area contributed by atoms with Crippen molar-refractivity contribution < 1.29 is 32.4 Å². The lowest BCUT2D eigenvalue weighted by Gasteiger charge is -2.36. The Kier molecular flexibility index (Phi) is 7.51. The van der Waals surface area contributed by atoms with Crippen molar-refractivity contribution in [3.05, 3.63) is 93.5 Å². The number of carbonyl (C=O) groups excluding carboxylic acids is 2. The second kappa shape index (κ2) is 10.8. The Morgan fingerprint density at radius 1 is 1.08 bits per heavy atom. The normalized spacial score (nSPS) is 13.8. The Bertz CT molecular complexity index is 1380. The molecular formula is C26H23F3N4O5. The number of nitrogens with zero attached hydrogens (tertiary/aromatic N) is 3. The molecule has 0 unspecified atom stereocenters. The van der Waals surface area contributed by atoms with Crippen molar-refractivity contribution in [3.8, 4) is 5.75 Å². The summed E-state index contributed by atoms with van der Waals surface area (Å²) in [7, 11) is 0. The molecule has 0 bridgehead atoms. The van der Waals surface area contributed by atoms with Crippen LogP contribution in [0.15, 0.2) is 66.7 Å². The van der Waals surface area contributed by atoms with Crippen molar-refractivity contribution in [3.63, 3.8) is 0 Å². The summed E-state index contributed by atoms with van der Waals surface area (Å²) in [6, 6.07) is 15.9. The van der Waals surface area contributed by atoms with Gasteiger partial charge >= 0.3 is 12.4 Å². The highest BCUT2D eigenvalue weighted by molar-refractivity contribution is 6.05. The molecule has 0 spiro atoms. The molecule has 3 aromatic carbocycles. The molecule has 1 fully saturated rings. The predicted octanol–water partition coefficient (Wildman–Crippen LogP) is 5.89. The van der Waals surface area contributed by atoms with Crippen LogP contribution in [0, 0.1) is 17.0 Å². The fourth-order valence-electron chi connectivity index (χ4n) is 4.13. The molecule has 0 saturated carbocycles. The first-order valence-electron chi connectivity index (χ1n) is 11.6. The lowest BCUT2D eigenvalue weighted by atomic mass is 10.1. The first-order chi connectivity index (χ1) is 18.0. The average molecular weight is 528 g/mol. The molecule has 1 aliphatic heterocycles.